The third kappa shape index (κ3) is 3.96. The van der Waals surface area contributed by atoms with Gasteiger partial charge in [-0.3, -0.25) is 14.2 Å². The number of rotatable bonds is 6. The van der Waals surface area contributed by atoms with Crippen molar-refractivity contribution in [1.82, 2.24) is 9.55 Å². The Morgan fingerprint density at radius 2 is 1.90 bits per heavy atom. The maximum absolute atomic E-state index is 13.6. The van der Waals surface area contributed by atoms with Crippen molar-refractivity contribution in [1.29, 1.82) is 0 Å². The number of hydrogen-bond donors (Lipinski definition) is 0. The lowest BCUT2D eigenvalue weighted by atomic mass is 10.1. The van der Waals surface area contributed by atoms with E-state index >= 15 is 0 Å². The third-order valence-corrected chi connectivity index (χ3v) is 6.29. The number of carbonyl (C=O) groups excluding carboxylic acids is 1. The number of halogens is 1. The molecular weight excluding hydrogens is 399 g/mol. The fourth-order valence-corrected chi connectivity index (χ4v) is 4.39. The molecule has 0 atom stereocenters. The summed E-state index contributed by atoms with van der Waals surface area (Å²) in [5.41, 5.74) is 1.58. The second kappa shape index (κ2) is 8.32. The summed E-state index contributed by atoms with van der Waals surface area (Å²) in [5, 5.41) is 0.539. The molecule has 0 aliphatic rings. The molecule has 0 amide bonds. The van der Waals surface area contributed by atoms with Crippen molar-refractivity contribution < 1.29 is 9.18 Å². The number of ketones is 1. The molecule has 2 heterocycles. The molecule has 30 heavy (non-hydrogen) atoms. The fourth-order valence-electron chi connectivity index (χ4n) is 3.41. The SMILES string of the molecule is CCc1cc2c(=O)n(CC(=O)c3ccc(F)c(C)c3)c(Cc3ccccc3)nc2s1. The van der Waals surface area contributed by atoms with Crippen LogP contribution in [0, 0.1) is 12.7 Å². The van der Waals surface area contributed by atoms with Gasteiger partial charge in [0.2, 0.25) is 0 Å². The van der Waals surface area contributed by atoms with E-state index < -0.39 is 0 Å². The van der Waals surface area contributed by atoms with Crippen LogP contribution in [0.1, 0.15) is 39.1 Å². The van der Waals surface area contributed by atoms with E-state index in [0.717, 1.165) is 16.9 Å². The molecule has 6 heteroatoms. The molecule has 0 aliphatic carbocycles. The molecular formula is C24H21FN2O2S. The molecule has 2 aromatic carbocycles. The zero-order valence-electron chi connectivity index (χ0n) is 16.8. The molecule has 4 rings (SSSR count). The van der Waals surface area contributed by atoms with E-state index in [1.807, 2.05) is 43.3 Å². The average molecular weight is 421 g/mol. The molecule has 152 valence electrons. The first-order valence-electron chi connectivity index (χ1n) is 9.81. The number of benzene rings is 2. The minimum atomic E-state index is -0.359. The topological polar surface area (TPSA) is 52.0 Å². The first-order valence-corrected chi connectivity index (χ1v) is 10.6. The van der Waals surface area contributed by atoms with Gasteiger partial charge in [-0.1, -0.05) is 37.3 Å². The highest BCUT2D eigenvalue weighted by atomic mass is 32.1. The maximum atomic E-state index is 13.6. The van der Waals surface area contributed by atoms with Gasteiger partial charge in [0, 0.05) is 16.9 Å². The Bertz CT molecular complexity index is 1290. The van der Waals surface area contributed by atoms with Crippen molar-refractivity contribution in [3.63, 3.8) is 0 Å². The Kier molecular flexibility index (Phi) is 5.59. The van der Waals surface area contributed by atoms with Gasteiger partial charge < -0.3 is 0 Å². The normalized spacial score (nSPS) is 11.2. The molecule has 0 bridgehead atoms. The monoisotopic (exact) mass is 420 g/mol. The molecule has 4 aromatic rings. The van der Waals surface area contributed by atoms with Crippen LogP contribution in [0.4, 0.5) is 4.39 Å². The Labute approximate surface area is 177 Å². The van der Waals surface area contributed by atoms with Crippen LogP contribution < -0.4 is 5.56 Å². The lowest BCUT2D eigenvalue weighted by molar-refractivity contribution is 0.0969. The molecule has 0 radical (unpaired) electrons. The lowest BCUT2D eigenvalue weighted by Crippen LogP contribution is -2.28. The summed E-state index contributed by atoms with van der Waals surface area (Å²) in [5.74, 6) is -0.0565. The van der Waals surface area contributed by atoms with Crippen molar-refractivity contribution in [3.8, 4) is 0 Å². The maximum Gasteiger partial charge on any atom is 0.262 e. The number of fused-ring (bicyclic) bond motifs is 1. The Hall–Kier alpha value is -3.12. The highest BCUT2D eigenvalue weighted by Crippen LogP contribution is 2.23. The molecule has 0 spiro atoms. The molecule has 0 unspecified atom stereocenters. The number of hydrogen-bond acceptors (Lipinski definition) is 4. The Morgan fingerprint density at radius 1 is 1.13 bits per heavy atom. The van der Waals surface area contributed by atoms with Gasteiger partial charge >= 0.3 is 0 Å². The summed E-state index contributed by atoms with van der Waals surface area (Å²) in [6.45, 7) is 3.52. The van der Waals surface area contributed by atoms with E-state index in [9.17, 15) is 14.0 Å². The minimum absolute atomic E-state index is 0.133. The summed E-state index contributed by atoms with van der Waals surface area (Å²) in [6, 6.07) is 15.9. The van der Waals surface area contributed by atoms with E-state index in [0.29, 0.717) is 33.6 Å². The van der Waals surface area contributed by atoms with Crippen LogP contribution >= 0.6 is 11.3 Å². The van der Waals surface area contributed by atoms with Crippen molar-refractivity contribution in [2.75, 3.05) is 0 Å². The summed E-state index contributed by atoms with van der Waals surface area (Å²) < 4.78 is 15.1. The summed E-state index contributed by atoms with van der Waals surface area (Å²) in [6.07, 6.45) is 1.27. The number of nitrogens with zero attached hydrogens (tertiary/aromatic N) is 2. The van der Waals surface area contributed by atoms with Crippen LogP contribution in [-0.2, 0) is 19.4 Å². The summed E-state index contributed by atoms with van der Waals surface area (Å²) >= 11 is 1.51. The van der Waals surface area contributed by atoms with Crippen LogP contribution in [0.25, 0.3) is 10.2 Å². The number of carbonyl (C=O) groups is 1. The lowest BCUT2D eigenvalue weighted by Gasteiger charge is -2.12. The van der Waals surface area contributed by atoms with Gasteiger partial charge in [0.15, 0.2) is 5.78 Å². The molecule has 0 N–H and O–H groups in total. The average Bonchev–Trinajstić information content (AvgIpc) is 3.17. The predicted octanol–water partition coefficient (Wildman–Crippen LogP) is 4.94. The zero-order valence-corrected chi connectivity index (χ0v) is 17.6. The molecule has 0 saturated carbocycles. The smallest absolute Gasteiger partial charge is 0.262 e. The van der Waals surface area contributed by atoms with Gasteiger partial charge in [0.25, 0.3) is 5.56 Å². The van der Waals surface area contributed by atoms with Crippen LogP contribution in [0.2, 0.25) is 0 Å². The van der Waals surface area contributed by atoms with Gasteiger partial charge in [0.1, 0.15) is 16.5 Å². The summed E-state index contributed by atoms with van der Waals surface area (Å²) in [4.78, 5) is 32.7. The van der Waals surface area contributed by atoms with E-state index in [1.54, 1.807) is 6.92 Å². The molecule has 4 nitrogen and oxygen atoms in total. The molecule has 0 fully saturated rings. The number of aryl methyl sites for hydroxylation is 2. The van der Waals surface area contributed by atoms with Gasteiger partial charge in [-0.2, -0.15) is 0 Å². The summed E-state index contributed by atoms with van der Waals surface area (Å²) in [7, 11) is 0. The van der Waals surface area contributed by atoms with Crippen LogP contribution in [-0.4, -0.2) is 15.3 Å². The van der Waals surface area contributed by atoms with Gasteiger partial charge in [-0.15, -0.1) is 11.3 Å². The van der Waals surface area contributed by atoms with Crippen molar-refractivity contribution in [2.24, 2.45) is 0 Å². The standard InChI is InChI=1S/C24H21FN2O2S/c1-3-18-13-19-23(30-18)26-22(12-16-7-5-4-6-8-16)27(24(19)29)14-21(28)17-9-10-20(25)15(2)11-17/h4-11,13H,3,12,14H2,1-2H3. The van der Waals surface area contributed by atoms with Crippen molar-refractivity contribution >= 4 is 27.3 Å². The first-order chi connectivity index (χ1) is 14.5. The molecule has 0 saturated heterocycles. The molecule has 2 aromatic heterocycles. The fraction of sp³-hybridized carbons (Fsp3) is 0.208. The van der Waals surface area contributed by atoms with Crippen molar-refractivity contribution in [2.45, 2.75) is 33.2 Å². The Morgan fingerprint density at radius 3 is 2.60 bits per heavy atom. The third-order valence-electron chi connectivity index (χ3n) is 5.12. The van der Waals surface area contributed by atoms with E-state index in [1.165, 1.54) is 34.1 Å². The number of aromatic nitrogens is 2. The van der Waals surface area contributed by atoms with Gasteiger partial charge in [-0.05, 0) is 48.7 Å². The quantitative estimate of drug-likeness (QED) is 0.415. The number of Topliss-reactive ketones (excluding diaryl/α,β-unsaturated/α-hetero) is 1. The second-order valence-corrected chi connectivity index (χ2v) is 8.37. The van der Waals surface area contributed by atoms with E-state index in [2.05, 4.69) is 0 Å². The predicted molar refractivity (Wildman–Crippen MR) is 118 cm³/mol. The van der Waals surface area contributed by atoms with Gasteiger partial charge in [0.05, 0.1) is 11.9 Å². The number of thiophene rings is 1. The van der Waals surface area contributed by atoms with Gasteiger partial charge in [-0.25, -0.2) is 9.37 Å². The second-order valence-electron chi connectivity index (χ2n) is 7.25. The zero-order chi connectivity index (χ0) is 21.3. The van der Waals surface area contributed by atoms with Crippen molar-refractivity contribution in [3.05, 3.63) is 98.2 Å². The largest absolute Gasteiger partial charge is 0.292 e. The Balaban J connectivity index is 1.80. The van der Waals surface area contributed by atoms with Crippen LogP contribution in [0.5, 0.6) is 0 Å². The highest BCUT2D eigenvalue weighted by Gasteiger charge is 2.18. The van der Waals surface area contributed by atoms with Crippen LogP contribution in [0.15, 0.2) is 59.4 Å². The minimum Gasteiger partial charge on any atom is -0.292 e. The van der Waals surface area contributed by atoms with Crippen LogP contribution in [0.3, 0.4) is 0 Å². The highest BCUT2D eigenvalue weighted by molar-refractivity contribution is 7.18. The van der Waals surface area contributed by atoms with E-state index in [-0.39, 0.29) is 23.7 Å². The first kappa shape index (κ1) is 20.2. The van der Waals surface area contributed by atoms with E-state index in [4.69, 9.17) is 4.98 Å². The molecule has 0 aliphatic heterocycles.